The molecule has 0 fully saturated rings. The fourth-order valence-electron chi connectivity index (χ4n) is 2.21. The van der Waals surface area contributed by atoms with Crippen molar-refractivity contribution < 1.29 is 13.2 Å². The lowest BCUT2D eigenvalue weighted by molar-refractivity contribution is 0.242. The highest BCUT2D eigenvalue weighted by molar-refractivity contribution is 7.89. The Bertz CT molecular complexity index is 914. The molecule has 3 aromatic rings. The Morgan fingerprint density at radius 2 is 2.04 bits per heavy atom. The third-order valence-electron chi connectivity index (χ3n) is 3.27. The minimum atomic E-state index is -3.55. The fourth-order valence-corrected chi connectivity index (χ4v) is 4.07. The van der Waals surface area contributed by atoms with Gasteiger partial charge in [0.15, 0.2) is 0 Å². The molecule has 3 rings (SSSR count). The first kappa shape index (κ1) is 16.9. The first-order valence-corrected chi connectivity index (χ1v) is 9.84. The molecule has 7 nitrogen and oxygen atoms in total. The highest BCUT2D eigenvalue weighted by Gasteiger charge is 2.14. The number of thiazole rings is 1. The first-order valence-electron chi connectivity index (χ1n) is 7.48. The molecule has 0 radical (unpaired) electrons. The van der Waals surface area contributed by atoms with Crippen LogP contribution in [0.3, 0.4) is 0 Å². The van der Waals surface area contributed by atoms with Gasteiger partial charge in [-0.15, -0.1) is 11.3 Å². The molecule has 2 aromatic heterocycles. The lowest BCUT2D eigenvalue weighted by atomic mass is 10.3. The molecule has 0 unspecified atom stereocenters. The highest BCUT2D eigenvalue weighted by atomic mass is 32.2. The van der Waals surface area contributed by atoms with Crippen molar-refractivity contribution in [1.82, 2.24) is 19.3 Å². The molecule has 2 heterocycles. The number of aromatic nitrogens is 3. The smallest absolute Gasteiger partial charge is 0.240 e. The van der Waals surface area contributed by atoms with Crippen LogP contribution in [0.25, 0.3) is 4.96 Å². The number of benzene rings is 1. The molecule has 0 aliphatic heterocycles. The van der Waals surface area contributed by atoms with Gasteiger partial charge in [0.25, 0.3) is 0 Å². The van der Waals surface area contributed by atoms with Gasteiger partial charge in [0.2, 0.25) is 15.0 Å². The minimum Gasteiger partial charge on any atom is -0.491 e. The van der Waals surface area contributed by atoms with Gasteiger partial charge in [-0.25, -0.2) is 22.6 Å². The quantitative estimate of drug-likeness (QED) is 0.692. The largest absolute Gasteiger partial charge is 0.491 e. The van der Waals surface area contributed by atoms with Gasteiger partial charge < -0.3 is 4.74 Å². The van der Waals surface area contributed by atoms with Crippen molar-refractivity contribution in [2.75, 3.05) is 6.54 Å². The number of sulfonamides is 1. The van der Waals surface area contributed by atoms with Crippen molar-refractivity contribution in [2.24, 2.45) is 0 Å². The average Bonchev–Trinajstić information content (AvgIpc) is 3.12. The van der Waals surface area contributed by atoms with Gasteiger partial charge in [-0.1, -0.05) is 0 Å². The highest BCUT2D eigenvalue weighted by Crippen LogP contribution is 2.17. The second kappa shape index (κ2) is 6.88. The molecule has 128 valence electrons. The maximum atomic E-state index is 12.3. The Balaban J connectivity index is 1.62. The molecule has 0 spiro atoms. The van der Waals surface area contributed by atoms with Crippen LogP contribution in [-0.4, -0.2) is 35.7 Å². The molecular weight excluding hydrogens is 348 g/mol. The van der Waals surface area contributed by atoms with Crippen LogP contribution in [0.1, 0.15) is 19.5 Å². The number of nitrogens with zero attached hydrogens (tertiary/aromatic N) is 3. The molecule has 1 N–H and O–H groups in total. The van der Waals surface area contributed by atoms with Gasteiger partial charge in [-0.3, -0.25) is 0 Å². The van der Waals surface area contributed by atoms with Crippen molar-refractivity contribution in [3.05, 3.63) is 41.7 Å². The Labute approximate surface area is 144 Å². The molecule has 1 aromatic carbocycles. The second-order valence-corrected chi connectivity index (χ2v) is 8.07. The number of rotatable bonds is 7. The first-order chi connectivity index (χ1) is 11.5. The SMILES string of the molecule is CC(C)Oc1ccc(S(=O)(=O)NCCc2csc3ncnn23)cc1. The lowest BCUT2D eigenvalue weighted by Gasteiger charge is -2.10. The maximum absolute atomic E-state index is 12.3. The van der Waals surface area contributed by atoms with E-state index in [0.717, 1.165) is 10.7 Å². The molecule has 9 heteroatoms. The Kier molecular flexibility index (Phi) is 4.83. The zero-order valence-electron chi connectivity index (χ0n) is 13.3. The summed E-state index contributed by atoms with van der Waals surface area (Å²) in [6.07, 6.45) is 2.07. The van der Waals surface area contributed by atoms with E-state index >= 15 is 0 Å². The molecule has 0 saturated heterocycles. The van der Waals surface area contributed by atoms with E-state index in [1.807, 2.05) is 19.2 Å². The number of nitrogens with one attached hydrogen (secondary N) is 1. The zero-order valence-corrected chi connectivity index (χ0v) is 15.0. The summed E-state index contributed by atoms with van der Waals surface area (Å²) in [5, 5.41) is 6.04. The third kappa shape index (κ3) is 3.74. The molecule has 0 aliphatic rings. The number of hydrogen-bond donors (Lipinski definition) is 1. The van der Waals surface area contributed by atoms with Gasteiger partial charge in [-0.2, -0.15) is 5.10 Å². The molecule has 0 atom stereocenters. The molecule has 0 amide bonds. The van der Waals surface area contributed by atoms with Crippen LogP contribution in [0.15, 0.2) is 40.9 Å². The van der Waals surface area contributed by atoms with Gasteiger partial charge in [-0.05, 0) is 38.1 Å². The number of ether oxygens (including phenoxy) is 1. The summed E-state index contributed by atoms with van der Waals surface area (Å²) < 4.78 is 34.5. The van der Waals surface area contributed by atoms with Crippen LogP contribution in [0, 0.1) is 0 Å². The monoisotopic (exact) mass is 366 g/mol. The molecule has 0 aliphatic carbocycles. The summed E-state index contributed by atoms with van der Waals surface area (Å²) in [6, 6.07) is 6.40. The molecule has 24 heavy (non-hydrogen) atoms. The van der Waals surface area contributed by atoms with Gasteiger partial charge in [0.05, 0.1) is 16.7 Å². The van der Waals surface area contributed by atoms with Crippen molar-refractivity contribution >= 4 is 26.3 Å². The predicted octanol–water partition coefficient (Wildman–Crippen LogP) is 2.10. The lowest BCUT2D eigenvalue weighted by Crippen LogP contribution is -2.26. The fraction of sp³-hybridized carbons (Fsp3) is 0.333. The normalized spacial score (nSPS) is 12.1. The van der Waals surface area contributed by atoms with Crippen LogP contribution in [0.4, 0.5) is 0 Å². The van der Waals surface area contributed by atoms with Crippen molar-refractivity contribution in [3.63, 3.8) is 0 Å². The van der Waals surface area contributed by atoms with Gasteiger partial charge >= 0.3 is 0 Å². The molecular formula is C15H18N4O3S2. The van der Waals surface area contributed by atoms with Crippen molar-refractivity contribution in [1.29, 1.82) is 0 Å². The van der Waals surface area contributed by atoms with Crippen LogP contribution >= 0.6 is 11.3 Å². The molecule has 0 saturated carbocycles. The topological polar surface area (TPSA) is 85.6 Å². The van der Waals surface area contributed by atoms with Gasteiger partial charge in [0.1, 0.15) is 12.1 Å². The summed E-state index contributed by atoms with van der Waals surface area (Å²) in [6.45, 7) is 4.13. The van der Waals surface area contributed by atoms with E-state index in [9.17, 15) is 8.42 Å². The second-order valence-electron chi connectivity index (χ2n) is 5.47. The summed E-state index contributed by atoms with van der Waals surface area (Å²) in [5.41, 5.74) is 0.927. The predicted molar refractivity (Wildman–Crippen MR) is 92.0 cm³/mol. The van der Waals surface area contributed by atoms with Crippen LogP contribution in [0.5, 0.6) is 5.75 Å². The minimum absolute atomic E-state index is 0.0461. The summed E-state index contributed by atoms with van der Waals surface area (Å²) in [4.78, 5) is 5.11. The van der Waals surface area contributed by atoms with Crippen molar-refractivity contribution in [2.45, 2.75) is 31.3 Å². The van der Waals surface area contributed by atoms with E-state index in [1.165, 1.54) is 17.7 Å². The van der Waals surface area contributed by atoms with Crippen LogP contribution in [0.2, 0.25) is 0 Å². The van der Waals surface area contributed by atoms with E-state index < -0.39 is 10.0 Å². The van der Waals surface area contributed by atoms with E-state index in [4.69, 9.17) is 4.74 Å². The number of fused-ring (bicyclic) bond motifs is 1. The van der Waals surface area contributed by atoms with Crippen LogP contribution < -0.4 is 9.46 Å². The van der Waals surface area contributed by atoms with E-state index in [-0.39, 0.29) is 17.5 Å². The summed E-state index contributed by atoms with van der Waals surface area (Å²) in [7, 11) is -3.55. The molecule has 0 bridgehead atoms. The van der Waals surface area contributed by atoms with Crippen LogP contribution in [-0.2, 0) is 16.4 Å². The Morgan fingerprint density at radius 1 is 1.29 bits per heavy atom. The zero-order chi connectivity index (χ0) is 17.2. The van der Waals surface area contributed by atoms with Gasteiger partial charge in [0, 0.05) is 18.3 Å². The van der Waals surface area contributed by atoms with E-state index in [2.05, 4.69) is 14.8 Å². The average molecular weight is 366 g/mol. The van der Waals surface area contributed by atoms with Crippen molar-refractivity contribution in [3.8, 4) is 5.75 Å². The Morgan fingerprint density at radius 3 is 2.75 bits per heavy atom. The maximum Gasteiger partial charge on any atom is 0.240 e. The number of hydrogen-bond acceptors (Lipinski definition) is 6. The standard InChI is InChI=1S/C15H18N4O3S2/c1-11(2)22-13-3-5-14(6-4-13)24(20,21)18-8-7-12-9-23-15-16-10-17-19(12)15/h3-6,9-11,18H,7-8H2,1-2H3. The van der Waals surface area contributed by atoms with E-state index in [1.54, 1.807) is 28.8 Å². The summed E-state index contributed by atoms with van der Waals surface area (Å²) in [5.74, 6) is 0.649. The summed E-state index contributed by atoms with van der Waals surface area (Å²) >= 11 is 1.48. The van der Waals surface area contributed by atoms with E-state index in [0.29, 0.717) is 12.2 Å². The third-order valence-corrected chi connectivity index (χ3v) is 5.62. The Hall–Kier alpha value is -1.97.